The Morgan fingerprint density at radius 1 is 1.57 bits per heavy atom. The Labute approximate surface area is 83.5 Å². The van der Waals surface area contributed by atoms with E-state index in [2.05, 4.69) is 15.5 Å². The zero-order valence-electron chi connectivity index (χ0n) is 9.03. The predicted octanol–water partition coefficient (Wildman–Crippen LogP) is 0.627. The van der Waals surface area contributed by atoms with Gasteiger partial charge >= 0.3 is 0 Å². The SMILES string of the molecule is Cc1nc(CNC(C)(C)C(C)O)no1. The van der Waals surface area contributed by atoms with Crippen LogP contribution >= 0.6 is 0 Å². The van der Waals surface area contributed by atoms with E-state index >= 15 is 0 Å². The van der Waals surface area contributed by atoms with Crippen molar-refractivity contribution in [2.45, 2.75) is 45.9 Å². The number of hydrogen-bond donors (Lipinski definition) is 2. The molecule has 0 saturated carbocycles. The summed E-state index contributed by atoms with van der Waals surface area (Å²) in [5, 5.41) is 16.3. The molecule has 0 saturated heterocycles. The quantitative estimate of drug-likeness (QED) is 0.744. The summed E-state index contributed by atoms with van der Waals surface area (Å²) in [6.07, 6.45) is -0.435. The smallest absolute Gasteiger partial charge is 0.223 e. The average molecular weight is 199 g/mol. The first-order valence-electron chi connectivity index (χ1n) is 4.64. The van der Waals surface area contributed by atoms with Gasteiger partial charge in [0.05, 0.1) is 12.6 Å². The second kappa shape index (κ2) is 4.06. The molecule has 0 amide bonds. The Kier molecular flexibility index (Phi) is 3.23. The number of aryl methyl sites for hydroxylation is 1. The van der Waals surface area contributed by atoms with E-state index in [1.54, 1.807) is 13.8 Å². The van der Waals surface area contributed by atoms with Gasteiger partial charge in [0, 0.05) is 12.5 Å². The molecule has 0 aliphatic heterocycles. The van der Waals surface area contributed by atoms with Gasteiger partial charge in [-0.3, -0.25) is 0 Å². The van der Waals surface area contributed by atoms with Crippen molar-refractivity contribution in [3.8, 4) is 0 Å². The van der Waals surface area contributed by atoms with Gasteiger partial charge in [0.15, 0.2) is 5.82 Å². The topological polar surface area (TPSA) is 71.2 Å². The minimum Gasteiger partial charge on any atom is -0.392 e. The van der Waals surface area contributed by atoms with Gasteiger partial charge in [0.1, 0.15) is 0 Å². The Morgan fingerprint density at radius 2 is 2.21 bits per heavy atom. The first kappa shape index (κ1) is 11.1. The van der Waals surface area contributed by atoms with Crippen LogP contribution < -0.4 is 5.32 Å². The van der Waals surface area contributed by atoms with Gasteiger partial charge < -0.3 is 14.9 Å². The van der Waals surface area contributed by atoms with Crippen LogP contribution in [0.25, 0.3) is 0 Å². The van der Waals surface area contributed by atoms with Gasteiger partial charge in [-0.05, 0) is 20.8 Å². The molecular formula is C9H17N3O2. The van der Waals surface area contributed by atoms with E-state index in [9.17, 15) is 5.11 Å². The molecule has 1 heterocycles. The fourth-order valence-electron chi connectivity index (χ4n) is 0.868. The number of aromatic nitrogens is 2. The Balaban J connectivity index is 2.48. The first-order valence-corrected chi connectivity index (χ1v) is 4.64. The summed E-state index contributed by atoms with van der Waals surface area (Å²) >= 11 is 0. The van der Waals surface area contributed by atoms with E-state index in [1.165, 1.54) is 0 Å². The van der Waals surface area contributed by atoms with Crippen LogP contribution in [0, 0.1) is 6.92 Å². The maximum Gasteiger partial charge on any atom is 0.223 e. The lowest BCUT2D eigenvalue weighted by molar-refractivity contribution is 0.0950. The second-order valence-electron chi connectivity index (χ2n) is 3.98. The van der Waals surface area contributed by atoms with Crippen molar-refractivity contribution in [2.24, 2.45) is 0 Å². The van der Waals surface area contributed by atoms with Crippen LogP contribution in [-0.2, 0) is 6.54 Å². The molecule has 80 valence electrons. The number of nitrogens with zero attached hydrogens (tertiary/aromatic N) is 2. The molecule has 0 spiro atoms. The maximum atomic E-state index is 9.44. The molecule has 1 rings (SSSR count). The molecule has 0 fully saturated rings. The monoisotopic (exact) mass is 199 g/mol. The van der Waals surface area contributed by atoms with Crippen molar-refractivity contribution in [1.29, 1.82) is 0 Å². The van der Waals surface area contributed by atoms with Crippen molar-refractivity contribution in [2.75, 3.05) is 0 Å². The first-order chi connectivity index (χ1) is 6.42. The van der Waals surface area contributed by atoms with Gasteiger partial charge in [-0.25, -0.2) is 0 Å². The number of aliphatic hydroxyl groups excluding tert-OH is 1. The number of nitrogens with one attached hydrogen (secondary N) is 1. The molecule has 5 nitrogen and oxygen atoms in total. The standard InChI is InChI=1S/C9H17N3O2/c1-6(13)9(3,4)10-5-8-11-7(2)14-12-8/h6,10,13H,5H2,1-4H3. The van der Waals surface area contributed by atoms with Gasteiger partial charge in [0.25, 0.3) is 0 Å². The van der Waals surface area contributed by atoms with Gasteiger partial charge in [-0.15, -0.1) is 0 Å². The third-order valence-electron chi connectivity index (χ3n) is 2.32. The summed E-state index contributed by atoms with van der Waals surface area (Å²) < 4.78 is 4.83. The van der Waals surface area contributed by atoms with Crippen molar-refractivity contribution in [3.05, 3.63) is 11.7 Å². The van der Waals surface area contributed by atoms with Crippen LogP contribution in [0.3, 0.4) is 0 Å². The Bertz CT molecular complexity index is 294. The summed E-state index contributed by atoms with van der Waals surface area (Å²) in [5.74, 6) is 1.16. The van der Waals surface area contributed by atoms with Crippen LogP contribution in [0.1, 0.15) is 32.5 Å². The van der Waals surface area contributed by atoms with Crippen LogP contribution in [0.2, 0.25) is 0 Å². The van der Waals surface area contributed by atoms with E-state index < -0.39 is 6.10 Å². The molecular weight excluding hydrogens is 182 g/mol. The lowest BCUT2D eigenvalue weighted by Crippen LogP contribution is -2.47. The molecule has 14 heavy (non-hydrogen) atoms. The summed E-state index contributed by atoms with van der Waals surface area (Å²) in [4.78, 5) is 4.05. The zero-order chi connectivity index (χ0) is 10.8. The molecule has 1 aromatic heterocycles. The maximum absolute atomic E-state index is 9.44. The Hall–Kier alpha value is -0.940. The summed E-state index contributed by atoms with van der Waals surface area (Å²) in [6.45, 7) is 7.83. The molecule has 5 heteroatoms. The van der Waals surface area contributed by atoms with E-state index in [-0.39, 0.29) is 5.54 Å². The lowest BCUT2D eigenvalue weighted by Gasteiger charge is -2.28. The predicted molar refractivity (Wildman–Crippen MR) is 51.6 cm³/mol. The molecule has 1 atom stereocenters. The largest absolute Gasteiger partial charge is 0.392 e. The van der Waals surface area contributed by atoms with E-state index in [1.807, 2.05) is 13.8 Å². The molecule has 0 aliphatic carbocycles. The molecule has 0 aliphatic rings. The van der Waals surface area contributed by atoms with Crippen LogP contribution in [-0.4, -0.2) is 26.9 Å². The van der Waals surface area contributed by atoms with Gasteiger partial charge in [-0.1, -0.05) is 5.16 Å². The van der Waals surface area contributed by atoms with Crippen molar-refractivity contribution >= 4 is 0 Å². The van der Waals surface area contributed by atoms with Crippen LogP contribution in [0.5, 0.6) is 0 Å². The number of rotatable bonds is 4. The third-order valence-corrected chi connectivity index (χ3v) is 2.32. The van der Waals surface area contributed by atoms with E-state index in [0.29, 0.717) is 18.3 Å². The minimum atomic E-state index is -0.435. The van der Waals surface area contributed by atoms with E-state index in [0.717, 1.165) is 0 Å². The molecule has 0 aromatic carbocycles. The van der Waals surface area contributed by atoms with Crippen molar-refractivity contribution in [1.82, 2.24) is 15.5 Å². The van der Waals surface area contributed by atoms with E-state index in [4.69, 9.17) is 4.52 Å². The summed E-state index contributed by atoms with van der Waals surface area (Å²) in [5.41, 5.74) is -0.353. The molecule has 0 bridgehead atoms. The van der Waals surface area contributed by atoms with Gasteiger partial charge in [0.2, 0.25) is 5.89 Å². The fourth-order valence-corrected chi connectivity index (χ4v) is 0.868. The molecule has 0 radical (unpaired) electrons. The summed E-state index contributed by atoms with van der Waals surface area (Å²) in [6, 6.07) is 0. The van der Waals surface area contributed by atoms with Crippen molar-refractivity contribution in [3.63, 3.8) is 0 Å². The van der Waals surface area contributed by atoms with Crippen molar-refractivity contribution < 1.29 is 9.63 Å². The second-order valence-corrected chi connectivity index (χ2v) is 3.98. The highest BCUT2D eigenvalue weighted by Gasteiger charge is 2.23. The lowest BCUT2D eigenvalue weighted by atomic mass is 9.99. The van der Waals surface area contributed by atoms with Crippen LogP contribution in [0.4, 0.5) is 0 Å². The molecule has 1 aromatic rings. The minimum absolute atomic E-state index is 0.353. The average Bonchev–Trinajstić information content (AvgIpc) is 2.48. The molecule has 1 unspecified atom stereocenters. The third kappa shape index (κ3) is 2.78. The normalized spacial score (nSPS) is 14.4. The zero-order valence-corrected chi connectivity index (χ0v) is 9.03. The fraction of sp³-hybridized carbons (Fsp3) is 0.778. The highest BCUT2D eigenvalue weighted by atomic mass is 16.5. The summed E-state index contributed by atoms with van der Waals surface area (Å²) in [7, 11) is 0. The van der Waals surface area contributed by atoms with Crippen LogP contribution in [0.15, 0.2) is 4.52 Å². The highest BCUT2D eigenvalue weighted by molar-refractivity contribution is 4.89. The van der Waals surface area contributed by atoms with Gasteiger partial charge in [-0.2, -0.15) is 4.98 Å². The number of hydrogen-bond acceptors (Lipinski definition) is 5. The highest BCUT2D eigenvalue weighted by Crippen LogP contribution is 2.09. The molecule has 2 N–H and O–H groups in total. The Morgan fingerprint density at radius 3 is 2.64 bits per heavy atom. The number of aliphatic hydroxyl groups is 1.